The third-order valence-corrected chi connectivity index (χ3v) is 6.66. The van der Waals surface area contributed by atoms with Crippen LogP contribution in [-0.4, -0.2) is 51.5 Å². The molecule has 0 atom stereocenters. The molecule has 0 bridgehead atoms. The molecule has 31 heavy (non-hydrogen) atoms. The minimum Gasteiger partial charge on any atom is -0.495 e. The highest BCUT2D eigenvalue weighted by Gasteiger charge is 2.22. The Bertz CT molecular complexity index is 1000. The van der Waals surface area contributed by atoms with Crippen molar-refractivity contribution < 1.29 is 17.9 Å². The minimum atomic E-state index is -4.04. The Labute approximate surface area is 189 Å². The largest absolute Gasteiger partial charge is 0.495 e. The van der Waals surface area contributed by atoms with E-state index in [2.05, 4.69) is 42.6 Å². The molecule has 7 nitrogen and oxygen atoms in total. The lowest BCUT2D eigenvalue weighted by molar-refractivity contribution is 0.0939. The Morgan fingerprint density at radius 1 is 1.10 bits per heavy atom. The van der Waals surface area contributed by atoms with Gasteiger partial charge in [0, 0.05) is 30.7 Å². The Hall–Kier alpha value is -2.29. The van der Waals surface area contributed by atoms with Gasteiger partial charge in [0.1, 0.15) is 10.6 Å². The lowest BCUT2D eigenvalue weighted by atomic mass is 10.2. The standard InChI is InChI=1S/C22H30ClN3O4S/c1-15(2)26(16(3)4)13-12-24-22(27)17-10-11-18(23)21(14-17)31(28,29)25-19-8-6-7-9-20(19)30-5/h6-11,14-16,25H,12-13H2,1-5H3,(H,24,27). The van der Waals surface area contributed by atoms with Gasteiger partial charge in [-0.15, -0.1) is 0 Å². The van der Waals surface area contributed by atoms with Gasteiger partial charge in [-0.25, -0.2) is 8.42 Å². The summed E-state index contributed by atoms with van der Waals surface area (Å²) in [6.45, 7) is 9.55. The molecule has 170 valence electrons. The van der Waals surface area contributed by atoms with E-state index in [9.17, 15) is 13.2 Å². The van der Waals surface area contributed by atoms with Gasteiger partial charge in [-0.2, -0.15) is 0 Å². The second kappa shape index (κ2) is 10.8. The molecule has 1 amide bonds. The number of sulfonamides is 1. The summed E-state index contributed by atoms with van der Waals surface area (Å²) in [7, 11) is -2.59. The number of nitrogens with one attached hydrogen (secondary N) is 2. The van der Waals surface area contributed by atoms with Crippen LogP contribution in [0.3, 0.4) is 0 Å². The summed E-state index contributed by atoms with van der Waals surface area (Å²) in [6, 6.07) is 11.5. The van der Waals surface area contributed by atoms with Crippen LogP contribution in [-0.2, 0) is 10.0 Å². The van der Waals surface area contributed by atoms with Crippen molar-refractivity contribution in [2.75, 3.05) is 24.9 Å². The summed E-state index contributed by atoms with van der Waals surface area (Å²) in [5.74, 6) is 0.00817. The highest BCUT2D eigenvalue weighted by molar-refractivity contribution is 7.92. The number of carbonyl (C=O) groups is 1. The van der Waals surface area contributed by atoms with E-state index in [0.717, 1.165) is 0 Å². The summed E-state index contributed by atoms with van der Waals surface area (Å²) in [5, 5.41) is 2.86. The molecule has 0 spiro atoms. The molecule has 9 heteroatoms. The minimum absolute atomic E-state index is 0.0183. The van der Waals surface area contributed by atoms with Crippen molar-refractivity contribution in [1.29, 1.82) is 0 Å². The third-order valence-electron chi connectivity index (χ3n) is 4.82. The molecule has 0 unspecified atom stereocenters. The van der Waals surface area contributed by atoms with Crippen LogP contribution in [0, 0.1) is 0 Å². The summed E-state index contributed by atoms with van der Waals surface area (Å²) >= 11 is 6.15. The summed E-state index contributed by atoms with van der Waals surface area (Å²) in [5.41, 5.74) is 0.490. The highest BCUT2D eigenvalue weighted by Crippen LogP contribution is 2.29. The molecule has 2 aromatic carbocycles. The van der Waals surface area contributed by atoms with Crippen LogP contribution in [0.15, 0.2) is 47.4 Å². The van der Waals surface area contributed by atoms with Gasteiger partial charge in [0.2, 0.25) is 0 Å². The quantitative estimate of drug-likeness (QED) is 0.551. The normalized spacial score (nSPS) is 11.8. The topological polar surface area (TPSA) is 87.7 Å². The molecule has 2 rings (SSSR count). The van der Waals surface area contributed by atoms with E-state index in [0.29, 0.717) is 30.9 Å². The fourth-order valence-electron chi connectivity index (χ4n) is 3.29. The molecule has 0 aliphatic rings. The summed E-state index contributed by atoms with van der Waals surface area (Å²) in [4.78, 5) is 14.7. The van der Waals surface area contributed by atoms with Crippen molar-refractivity contribution in [2.24, 2.45) is 0 Å². The van der Waals surface area contributed by atoms with E-state index >= 15 is 0 Å². The number of hydrogen-bond donors (Lipinski definition) is 2. The maximum absolute atomic E-state index is 12.9. The van der Waals surface area contributed by atoms with Gasteiger partial charge in [-0.05, 0) is 58.0 Å². The van der Waals surface area contributed by atoms with Crippen molar-refractivity contribution in [3.8, 4) is 5.75 Å². The molecule has 0 saturated heterocycles. The zero-order valence-electron chi connectivity index (χ0n) is 18.5. The molecule has 0 radical (unpaired) electrons. The predicted molar refractivity (Wildman–Crippen MR) is 125 cm³/mol. The Morgan fingerprint density at radius 2 is 1.74 bits per heavy atom. The number of halogens is 1. The molecule has 2 aromatic rings. The Morgan fingerprint density at radius 3 is 2.35 bits per heavy atom. The number of amides is 1. The van der Waals surface area contributed by atoms with Crippen molar-refractivity contribution in [2.45, 2.75) is 44.7 Å². The molecule has 0 fully saturated rings. The maximum Gasteiger partial charge on any atom is 0.263 e. The van der Waals surface area contributed by atoms with Gasteiger partial charge in [0.25, 0.3) is 15.9 Å². The van der Waals surface area contributed by atoms with Crippen LogP contribution in [0.2, 0.25) is 5.02 Å². The molecular weight excluding hydrogens is 438 g/mol. The molecule has 0 saturated carbocycles. The first-order valence-corrected chi connectivity index (χ1v) is 11.9. The zero-order chi connectivity index (χ0) is 23.2. The van der Waals surface area contributed by atoms with E-state index in [-0.39, 0.29) is 27.1 Å². The van der Waals surface area contributed by atoms with Crippen molar-refractivity contribution >= 4 is 33.2 Å². The van der Waals surface area contributed by atoms with Crippen molar-refractivity contribution in [1.82, 2.24) is 10.2 Å². The monoisotopic (exact) mass is 467 g/mol. The van der Waals surface area contributed by atoms with Gasteiger partial charge in [-0.1, -0.05) is 23.7 Å². The smallest absolute Gasteiger partial charge is 0.263 e. The molecule has 0 aromatic heterocycles. The fraction of sp³-hybridized carbons (Fsp3) is 0.409. The Balaban J connectivity index is 2.18. The van der Waals surface area contributed by atoms with Crippen molar-refractivity contribution in [3.63, 3.8) is 0 Å². The van der Waals surface area contributed by atoms with E-state index in [4.69, 9.17) is 16.3 Å². The number of rotatable bonds is 10. The highest BCUT2D eigenvalue weighted by atomic mass is 35.5. The van der Waals surface area contributed by atoms with E-state index < -0.39 is 10.0 Å². The number of ether oxygens (including phenoxy) is 1. The zero-order valence-corrected chi connectivity index (χ0v) is 20.0. The number of nitrogens with zero attached hydrogens (tertiary/aromatic N) is 1. The van der Waals surface area contributed by atoms with Crippen LogP contribution < -0.4 is 14.8 Å². The van der Waals surface area contributed by atoms with Crippen LogP contribution >= 0.6 is 11.6 Å². The number of benzene rings is 2. The molecule has 2 N–H and O–H groups in total. The summed E-state index contributed by atoms with van der Waals surface area (Å²) < 4.78 is 33.5. The third kappa shape index (κ3) is 6.59. The molecular formula is C22H30ClN3O4S. The first-order valence-electron chi connectivity index (χ1n) is 10.1. The number of anilines is 1. The summed E-state index contributed by atoms with van der Waals surface area (Å²) in [6.07, 6.45) is 0. The number of hydrogen-bond acceptors (Lipinski definition) is 5. The van der Waals surface area contributed by atoms with E-state index in [1.165, 1.54) is 25.3 Å². The van der Waals surface area contributed by atoms with Gasteiger partial charge in [0.05, 0.1) is 17.8 Å². The Kier molecular flexibility index (Phi) is 8.73. The van der Waals surface area contributed by atoms with E-state index in [1.54, 1.807) is 24.3 Å². The maximum atomic E-state index is 12.9. The average molecular weight is 468 g/mol. The van der Waals surface area contributed by atoms with Crippen LogP contribution in [0.1, 0.15) is 38.1 Å². The number of para-hydroxylation sites is 2. The lowest BCUT2D eigenvalue weighted by Gasteiger charge is -2.30. The lowest BCUT2D eigenvalue weighted by Crippen LogP contribution is -2.42. The van der Waals surface area contributed by atoms with Gasteiger partial charge in [0.15, 0.2) is 0 Å². The second-order valence-electron chi connectivity index (χ2n) is 7.63. The average Bonchev–Trinajstić information content (AvgIpc) is 2.70. The molecule has 0 aliphatic heterocycles. The van der Waals surface area contributed by atoms with Crippen LogP contribution in [0.5, 0.6) is 5.75 Å². The fourth-order valence-corrected chi connectivity index (χ4v) is 4.89. The molecule has 0 heterocycles. The van der Waals surface area contributed by atoms with Crippen molar-refractivity contribution in [3.05, 3.63) is 53.1 Å². The SMILES string of the molecule is COc1ccccc1NS(=O)(=O)c1cc(C(=O)NCCN(C(C)C)C(C)C)ccc1Cl. The van der Waals surface area contributed by atoms with E-state index in [1.807, 2.05) is 0 Å². The number of methoxy groups -OCH3 is 1. The van der Waals surface area contributed by atoms with Crippen LogP contribution in [0.25, 0.3) is 0 Å². The number of carbonyl (C=O) groups excluding carboxylic acids is 1. The van der Waals surface area contributed by atoms with Gasteiger partial charge >= 0.3 is 0 Å². The molecule has 0 aliphatic carbocycles. The first kappa shape index (κ1) is 25.0. The van der Waals surface area contributed by atoms with Gasteiger partial charge in [-0.3, -0.25) is 14.4 Å². The van der Waals surface area contributed by atoms with Crippen LogP contribution in [0.4, 0.5) is 5.69 Å². The predicted octanol–water partition coefficient (Wildman–Crippen LogP) is 4.00. The van der Waals surface area contributed by atoms with Gasteiger partial charge < -0.3 is 10.1 Å². The first-order chi connectivity index (χ1) is 14.6. The second-order valence-corrected chi connectivity index (χ2v) is 9.69.